The second kappa shape index (κ2) is 9.20. The highest BCUT2D eigenvalue weighted by Gasteiger charge is 2.18. The minimum atomic E-state index is -0.855. The van der Waals surface area contributed by atoms with Gasteiger partial charge in [-0.2, -0.15) is 5.10 Å². The second-order valence-electron chi connectivity index (χ2n) is 5.92. The number of hydrazone groups is 1. The normalized spacial score (nSPS) is 10.6. The molecule has 0 radical (unpaired) electrons. The fraction of sp³-hybridized carbons (Fsp3) is 0. The van der Waals surface area contributed by atoms with Crippen LogP contribution in [0.3, 0.4) is 0 Å². The van der Waals surface area contributed by atoms with Crippen molar-refractivity contribution < 1.29 is 23.6 Å². The molecular formula is C21H14FN3O5. The number of amides is 1. The summed E-state index contributed by atoms with van der Waals surface area (Å²) < 4.78 is 18.8. The number of carbonyl (C=O) groups excluding carboxylic acids is 2. The monoisotopic (exact) mass is 407 g/mol. The summed E-state index contributed by atoms with van der Waals surface area (Å²) >= 11 is 0. The van der Waals surface area contributed by atoms with Gasteiger partial charge in [-0.05, 0) is 35.9 Å². The number of nitrogens with zero attached hydrogens (tertiary/aromatic N) is 2. The van der Waals surface area contributed by atoms with Gasteiger partial charge in [0.1, 0.15) is 17.1 Å². The molecule has 0 aliphatic carbocycles. The lowest BCUT2D eigenvalue weighted by Gasteiger charge is -2.06. The maximum absolute atomic E-state index is 13.7. The molecule has 3 aromatic rings. The lowest BCUT2D eigenvalue weighted by atomic mass is 10.2. The van der Waals surface area contributed by atoms with Crippen molar-refractivity contribution in [2.24, 2.45) is 5.10 Å². The molecule has 0 saturated carbocycles. The molecule has 150 valence electrons. The van der Waals surface area contributed by atoms with Gasteiger partial charge in [0.05, 0.1) is 16.7 Å². The van der Waals surface area contributed by atoms with Gasteiger partial charge in [0.15, 0.2) is 0 Å². The van der Waals surface area contributed by atoms with Gasteiger partial charge >= 0.3 is 5.97 Å². The van der Waals surface area contributed by atoms with Gasteiger partial charge in [-0.15, -0.1) is 0 Å². The summed E-state index contributed by atoms with van der Waals surface area (Å²) in [6, 6.07) is 17.1. The quantitative estimate of drug-likeness (QED) is 0.220. The molecule has 3 aromatic carbocycles. The van der Waals surface area contributed by atoms with E-state index in [1.165, 1.54) is 60.8 Å². The lowest BCUT2D eigenvalue weighted by Crippen LogP contribution is -2.18. The Bertz CT molecular complexity index is 1150. The fourth-order valence-electron chi connectivity index (χ4n) is 2.50. The molecule has 0 bridgehead atoms. The lowest BCUT2D eigenvalue weighted by molar-refractivity contribution is -0.385. The number of carbonyl (C=O) groups is 2. The number of para-hydroxylation sites is 1. The highest BCUT2D eigenvalue weighted by atomic mass is 19.1. The van der Waals surface area contributed by atoms with Crippen LogP contribution >= 0.6 is 0 Å². The molecule has 1 amide bonds. The molecular weight excluding hydrogens is 393 g/mol. The van der Waals surface area contributed by atoms with E-state index in [2.05, 4.69) is 10.5 Å². The van der Waals surface area contributed by atoms with Gasteiger partial charge in [-0.1, -0.05) is 36.4 Å². The molecule has 0 spiro atoms. The first-order valence-electron chi connectivity index (χ1n) is 8.59. The topological polar surface area (TPSA) is 111 Å². The smallest absolute Gasteiger partial charge is 0.346 e. The van der Waals surface area contributed by atoms with Crippen molar-refractivity contribution in [3.8, 4) is 5.75 Å². The molecule has 0 fully saturated rings. The summed E-state index contributed by atoms with van der Waals surface area (Å²) in [5, 5.41) is 14.8. The van der Waals surface area contributed by atoms with Crippen molar-refractivity contribution in [2.45, 2.75) is 0 Å². The SMILES string of the molecule is O=C(Oc1cccc(/C=N\NC(=O)c2ccccc2[N+](=O)[O-])c1)c1ccccc1F. The van der Waals surface area contributed by atoms with E-state index in [0.29, 0.717) is 5.56 Å². The number of nitro benzene ring substituents is 1. The van der Waals surface area contributed by atoms with Crippen LogP contribution in [0.1, 0.15) is 26.3 Å². The summed E-state index contributed by atoms with van der Waals surface area (Å²) in [7, 11) is 0. The molecule has 0 heterocycles. The van der Waals surface area contributed by atoms with E-state index in [1.807, 2.05) is 0 Å². The van der Waals surface area contributed by atoms with Crippen molar-refractivity contribution in [3.05, 3.63) is 105 Å². The van der Waals surface area contributed by atoms with Crippen molar-refractivity contribution >= 4 is 23.8 Å². The summed E-state index contributed by atoms with van der Waals surface area (Å²) in [6.07, 6.45) is 1.27. The Morgan fingerprint density at radius 2 is 1.70 bits per heavy atom. The number of nitro groups is 1. The average molecular weight is 407 g/mol. The van der Waals surface area contributed by atoms with Gasteiger partial charge in [0, 0.05) is 6.07 Å². The van der Waals surface area contributed by atoms with E-state index in [9.17, 15) is 24.1 Å². The molecule has 0 aromatic heterocycles. The van der Waals surface area contributed by atoms with Gasteiger partial charge in [0.2, 0.25) is 0 Å². The van der Waals surface area contributed by atoms with E-state index < -0.39 is 22.6 Å². The van der Waals surface area contributed by atoms with E-state index in [0.717, 1.165) is 6.07 Å². The highest BCUT2D eigenvalue weighted by Crippen LogP contribution is 2.18. The maximum atomic E-state index is 13.7. The van der Waals surface area contributed by atoms with Gasteiger partial charge in [-0.3, -0.25) is 14.9 Å². The molecule has 8 nitrogen and oxygen atoms in total. The van der Waals surface area contributed by atoms with E-state index in [-0.39, 0.29) is 22.6 Å². The molecule has 3 rings (SSSR count). The summed E-state index contributed by atoms with van der Waals surface area (Å²) in [5.41, 5.74) is 2.00. The minimum absolute atomic E-state index is 0.132. The first-order valence-corrected chi connectivity index (χ1v) is 8.59. The zero-order valence-corrected chi connectivity index (χ0v) is 15.3. The molecule has 30 heavy (non-hydrogen) atoms. The minimum Gasteiger partial charge on any atom is -0.423 e. The number of ether oxygens (including phenoxy) is 1. The second-order valence-corrected chi connectivity index (χ2v) is 5.92. The Balaban J connectivity index is 1.67. The number of halogens is 1. The van der Waals surface area contributed by atoms with Crippen molar-refractivity contribution in [2.75, 3.05) is 0 Å². The zero-order chi connectivity index (χ0) is 21.5. The third-order valence-electron chi connectivity index (χ3n) is 3.89. The predicted molar refractivity (Wildman–Crippen MR) is 106 cm³/mol. The standard InChI is InChI=1S/C21H14FN3O5/c22-18-10-3-1-8-16(18)21(27)30-15-7-5-6-14(12-15)13-23-24-20(26)17-9-2-4-11-19(17)25(28)29/h1-13H,(H,24,26)/b23-13-. The Morgan fingerprint density at radius 3 is 2.43 bits per heavy atom. The van der Waals surface area contributed by atoms with Crippen molar-refractivity contribution in [3.63, 3.8) is 0 Å². The zero-order valence-electron chi connectivity index (χ0n) is 15.3. The van der Waals surface area contributed by atoms with Crippen LogP contribution in [0, 0.1) is 15.9 Å². The third-order valence-corrected chi connectivity index (χ3v) is 3.89. The molecule has 0 atom stereocenters. The van der Waals surface area contributed by atoms with Gasteiger partial charge in [-0.25, -0.2) is 14.6 Å². The van der Waals surface area contributed by atoms with Crippen LogP contribution in [0.25, 0.3) is 0 Å². The van der Waals surface area contributed by atoms with E-state index in [1.54, 1.807) is 12.1 Å². The molecule has 0 aliphatic rings. The third kappa shape index (κ3) is 4.90. The summed E-state index contributed by atoms with van der Waals surface area (Å²) in [5.74, 6) is -2.15. The van der Waals surface area contributed by atoms with Crippen LogP contribution in [0.2, 0.25) is 0 Å². The van der Waals surface area contributed by atoms with Crippen LogP contribution in [0.5, 0.6) is 5.75 Å². The number of benzene rings is 3. The highest BCUT2D eigenvalue weighted by molar-refractivity contribution is 5.98. The predicted octanol–water partition coefficient (Wildman–Crippen LogP) is 3.72. The Morgan fingerprint density at radius 1 is 1.00 bits per heavy atom. The van der Waals surface area contributed by atoms with Crippen molar-refractivity contribution in [1.29, 1.82) is 0 Å². The number of nitrogens with one attached hydrogen (secondary N) is 1. The first-order chi connectivity index (χ1) is 14.5. The molecule has 9 heteroatoms. The van der Waals surface area contributed by atoms with Gasteiger partial charge < -0.3 is 4.74 Å². The van der Waals surface area contributed by atoms with Crippen LogP contribution in [0.15, 0.2) is 77.9 Å². The van der Waals surface area contributed by atoms with Crippen LogP contribution < -0.4 is 10.2 Å². The Kier molecular flexibility index (Phi) is 6.23. The molecule has 1 N–H and O–H groups in total. The van der Waals surface area contributed by atoms with Crippen LogP contribution in [-0.4, -0.2) is 23.0 Å². The maximum Gasteiger partial charge on any atom is 0.346 e. The number of hydrogen-bond acceptors (Lipinski definition) is 6. The number of esters is 1. The number of rotatable bonds is 6. The number of hydrogen-bond donors (Lipinski definition) is 1. The van der Waals surface area contributed by atoms with Crippen LogP contribution in [-0.2, 0) is 0 Å². The van der Waals surface area contributed by atoms with E-state index >= 15 is 0 Å². The molecule has 0 aliphatic heterocycles. The Hall–Kier alpha value is -4.40. The van der Waals surface area contributed by atoms with Crippen molar-refractivity contribution in [1.82, 2.24) is 5.43 Å². The molecule has 0 saturated heterocycles. The summed E-state index contributed by atoms with van der Waals surface area (Å²) in [4.78, 5) is 34.5. The largest absolute Gasteiger partial charge is 0.423 e. The fourth-order valence-corrected chi connectivity index (χ4v) is 2.50. The first kappa shape index (κ1) is 20.3. The average Bonchev–Trinajstić information content (AvgIpc) is 2.74. The molecule has 0 unspecified atom stereocenters. The summed E-state index contributed by atoms with van der Waals surface area (Å²) in [6.45, 7) is 0. The van der Waals surface area contributed by atoms with E-state index in [4.69, 9.17) is 4.74 Å². The Labute approximate surface area is 169 Å². The van der Waals surface area contributed by atoms with Gasteiger partial charge in [0.25, 0.3) is 11.6 Å². The van der Waals surface area contributed by atoms with Crippen LogP contribution in [0.4, 0.5) is 10.1 Å².